The van der Waals surface area contributed by atoms with Crippen molar-refractivity contribution in [3.05, 3.63) is 35.4 Å². The largest absolute Gasteiger partial charge is 0.354 e. The Bertz CT molecular complexity index is 784. The number of rotatable bonds is 4. The fourth-order valence-electron chi connectivity index (χ4n) is 4.65. The molecule has 5 nitrogen and oxygen atoms in total. The molecule has 2 atom stereocenters. The maximum atomic E-state index is 11.7. The summed E-state index contributed by atoms with van der Waals surface area (Å²) in [5, 5.41) is 7.28. The van der Waals surface area contributed by atoms with E-state index in [0.29, 0.717) is 30.1 Å². The topological polar surface area (TPSA) is 70.6 Å². The van der Waals surface area contributed by atoms with Gasteiger partial charge in [-0.05, 0) is 55.6 Å². The first-order valence-corrected chi connectivity index (χ1v) is 12.2. The molecule has 4 rings (SSSR count). The van der Waals surface area contributed by atoms with E-state index in [-0.39, 0.29) is 5.92 Å². The summed E-state index contributed by atoms with van der Waals surface area (Å²) in [6, 6.07) is 9.59. The van der Waals surface area contributed by atoms with Gasteiger partial charge in [-0.15, -0.1) is 0 Å². The van der Waals surface area contributed by atoms with Crippen molar-refractivity contribution in [2.75, 3.05) is 18.1 Å². The Labute approximate surface area is 163 Å². The van der Waals surface area contributed by atoms with Crippen LogP contribution in [0.2, 0.25) is 0 Å². The summed E-state index contributed by atoms with van der Waals surface area (Å²) in [4.78, 5) is 4.81. The molecule has 27 heavy (non-hydrogen) atoms. The smallest absolute Gasteiger partial charge is 0.191 e. The van der Waals surface area contributed by atoms with E-state index in [4.69, 9.17) is 4.99 Å². The Kier molecular flexibility index (Phi) is 5.71. The van der Waals surface area contributed by atoms with Gasteiger partial charge in [-0.25, -0.2) is 8.42 Å². The fourth-order valence-corrected chi connectivity index (χ4v) is 6.50. The molecule has 1 saturated heterocycles. The molecule has 6 heteroatoms. The van der Waals surface area contributed by atoms with Gasteiger partial charge in [0.2, 0.25) is 0 Å². The van der Waals surface area contributed by atoms with Crippen LogP contribution in [0.3, 0.4) is 0 Å². The minimum atomic E-state index is -2.84. The molecule has 0 aromatic heterocycles. The second kappa shape index (κ2) is 8.21. The molecule has 2 aliphatic carbocycles. The van der Waals surface area contributed by atoms with Gasteiger partial charge >= 0.3 is 0 Å². The van der Waals surface area contributed by atoms with Crippen LogP contribution in [0.1, 0.15) is 49.7 Å². The van der Waals surface area contributed by atoms with E-state index in [1.165, 1.54) is 36.8 Å². The van der Waals surface area contributed by atoms with Crippen molar-refractivity contribution >= 4 is 15.8 Å². The quantitative estimate of drug-likeness (QED) is 0.613. The van der Waals surface area contributed by atoms with Gasteiger partial charge in [0, 0.05) is 18.6 Å². The van der Waals surface area contributed by atoms with Crippen molar-refractivity contribution in [3.8, 4) is 0 Å². The predicted octanol–water partition coefficient (Wildman–Crippen LogP) is 2.46. The minimum absolute atomic E-state index is 0.171. The molecule has 1 heterocycles. The summed E-state index contributed by atoms with van der Waals surface area (Å²) in [6.45, 7) is 0.602. The Morgan fingerprint density at radius 2 is 1.74 bits per heavy atom. The summed E-state index contributed by atoms with van der Waals surface area (Å²) in [6.07, 6.45) is 8.95. The summed E-state index contributed by atoms with van der Waals surface area (Å²) < 4.78 is 23.4. The van der Waals surface area contributed by atoms with Crippen LogP contribution in [-0.2, 0) is 22.7 Å². The van der Waals surface area contributed by atoms with Crippen LogP contribution >= 0.6 is 0 Å². The molecule has 1 aliphatic heterocycles. The third-order valence-electron chi connectivity index (χ3n) is 6.22. The molecular weight excluding hydrogens is 358 g/mol. The fraction of sp³-hybridized carbons (Fsp3) is 0.667. The lowest BCUT2D eigenvalue weighted by Crippen LogP contribution is -2.48. The molecule has 2 N–H and O–H groups in total. The van der Waals surface area contributed by atoms with Crippen LogP contribution in [0.4, 0.5) is 0 Å². The van der Waals surface area contributed by atoms with Crippen LogP contribution in [0.25, 0.3) is 0 Å². The van der Waals surface area contributed by atoms with Gasteiger partial charge in [-0.1, -0.05) is 37.1 Å². The molecule has 2 unspecified atom stereocenters. The van der Waals surface area contributed by atoms with E-state index in [9.17, 15) is 8.42 Å². The van der Waals surface area contributed by atoms with Crippen LogP contribution in [0, 0.1) is 5.92 Å². The molecule has 148 valence electrons. The Hall–Kier alpha value is -1.56. The number of hydrogen-bond acceptors (Lipinski definition) is 3. The van der Waals surface area contributed by atoms with Crippen LogP contribution < -0.4 is 10.6 Å². The van der Waals surface area contributed by atoms with Crippen LogP contribution in [0.15, 0.2) is 29.3 Å². The Balaban J connectivity index is 1.41. The number of fused-ring (bicyclic) bond motifs is 1. The molecule has 1 aromatic rings. The van der Waals surface area contributed by atoms with Crippen LogP contribution in [0.5, 0.6) is 0 Å². The first-order chi connectivity index (χ1) is 13.1. The lowest BCUT2D eigenvalue weighted by Gasteiger charge is -2.28. The highest BCUT2D eigenvalue weighted by molar-refractivity contribution is 7.91. The Morgan fingerprint density at radius 3 is 2.48 bits per heavy atom. The maximum absolute atomic E-state index is 11.7. The van der Waals surface area contributed by atoms with Gasteiger partial charge in [-0.2, -0.15) is 0 Å². The van der Waals surface area contributed by atoms with Crippen molar-refractivity contribution in [2.24, 2.45) is 10.9 Å². The second-order valence-electron chi connectivity index (χ2n) is 8.44. The lowest BCUT2D eigenvalue weighted by molar-refractivity contribution is 0.506. The molecule has 0 amide bonds. The summed E-state index contributed by atoms with van der Waals surface area (Å²) in [5.74, 6) is 1.68. The first-order valence-electron chi connectivity index (χ1n) is 10.4. The zero-order valence-electron chi connectivity index (χ0n) is 16.0. The van der Waals surface area contributed by atoms with Gasteiger partial charge in [0.15, 0.2) is 15.8 Å². The van der Waals surface area contributed by atoms with E-state index >= 15 is 0 Å². The Morgan fingerprint density at radius 1 is 1.00 bits per heavy atom. The standard InChI is InChI=1S/C21H31N3O2S/c25-27(26)12-11-16(15-27)14-22-21(23-19-7-3-4-8-19)24-20-10-9-17-5-1-2-6-18(17)13-20/h1-2,5-6,16,19-20H,3-4,7-15H2,(H2,22,23,24). The highest BCUT2D eigenvalue weighted by atomic mass is 32.2. The zero-order valence-corrected chi connectivity index (χ0v) is 16.8. The number of hydrogen-bond donors (Lipinski definition) is 2. The average molecular weight is 390 g/mol. The molecule has 0 radical (unpaired) electrons. The maximum Gasteiger partial charge on any atom is 0.191 e. The van der Waals surface area contributed by atoms with Crippen LogP contribution in [-0.4, -0.2) is 44.5 Å². The zero-order chi connectivity index (χ0) is 18.7. The summed E-state index contributed by atoms with van der Waals surface area (Å²) in [7, 11) is -2.84. The van der Waals surface area contributed by atoms with Crippen molar-refractivity contribution < 1.29 is 8.42 Å². The molecule has 3 aliphatic rings. The van der Waals surface area contributed by atoms with Crippen molar-refractivity contribution in [3.63, 3.8) is 0 Å². The van der Waals surface area contributed by atoms with Crippen molar-refractivity contribution in [2.45, 2.75) is 63.5 Å². The monoisotopic (exact) mass is 389 g/mol. The number of nitrogens with one attached hydrogen (secondary N) is 2. The highest BCUT2D eigenvalue weighted by Crippen LogP contribution is 2.22. The number of nitrogens with zero attached hydrogens (tertiary/aromatic N) is 1. The lowest BCUT2D eigenvalue weighted by atomic mass is 9.88. The number of aryl methyl sites for hydroxylation is 1. The minimum Gasteiger partial charge on any atom is -0.354 e. The third kappa shape index (κ3) is 5.03. The van der Waals surface area contributed by atoms with E-state index in [2.05, 4.69) is 34.9 Å². The molecule has 0 spiro atoms. The van der Waals surface area contributed by atoms with E-state index in [1.807, 2.05) is 0 Å². The number of sulfone groups is 1. The van der Waals surface area contributed by atoms with E-state index < -0.39 is 9.84 Å². The van der Waals surface area contributed by atoms with Crippen molar-refractivity contribution in [1.82, 2.24) is 10.6 Å². The SMILES string of the molecule is O=S1(=O)CCC(CN=C(NC2CCCC2)NC2CCc3ccccc3C2)C1. The second-order valence-corrected chi connectivity index (χ2v) is 10.7. The van der Waals surface area contributed by atoms with Gasteiger partial charge in [0.25, 0.3) is 0 Å². The van der Waals surface area contributed by atoms with E-state index in [1.54, 1.807) is 0 Å². The first kappa shape index (κ1) is 18.8. The van der Waals surface area contributed by atoms with Gasteiger partial charge in [-0.3, -0.25) is 4.99 Å². The predicted molar refractivity (Wildman–Crippen MR) is 110 cm³/mol. The molecular formula is C21H31N3O2S. The molecule has 0 bridgehead atoms. The third-order valence-corrected chi connectivity index (χ3v) is 8.06. The average Bonchev–Trinajstić information content (AvgIpc) is 3.28. The van der Waals surface area contributed by atoms with Gasteiger partial charge in [0.05, 0.1) is 11.5 Å². The highest BCUT2D eigenvalue weighted by Gasteiger charge is 2.28. The number of benzene rings is 1. The van der Waals surface area contributed by atoms with Gasteiger partial charge < -0.3 is 10.6 Å². The molecule has 2 fully saturated rings. The van der Waals surface area contributed by atoms with Gasteiger partial charge in [0.1, 0.15) is 0 Å². The van der Waals surface area contributed by atoms with Crippen molar-refractivity contribution in [1.29, 1.82) is 0 Å². The summed E-state index contributed by atoms with van der Waals surface area (Å²) >= 11 is 0. The number of aliphatic imine (C=N–C) groups is 1. The molecule has 1 aromatic carbocycles. The normalized spacial score (nSPS) is 28.1. The summed E-state index contributed by atoms with van der Waals surface area (Å²) in [5.41, 5.74) is 2.90. The number of guanidine groups is 1. The van der Waals surface area contributed by atoms with E-state index in [0.717, 1.165) is 31.6 Å². The molecule has 1 saturated carbocycles.